The van der Waals surface area contributed by atoms with Crippen LogP contribution in [-0.2, 0) is 9.59 Å². The number of aldehydes is 2. The van der Waals surface area contributed by atoms with Crippen LogP contribution < -0.4 is 0 Å². The first-order valence-corrected chi connectivity index (χ1v) is 6.10. The minimum absolute atomic E-state index is 0.0806. The van der Waals surface area contributed by atoms with Gasteiger partial charge in [0.15, 0.2) is 0 Å². The summed E-state index contributed by atoms with van der Waals surface area (Å²) >= 11 is 0. The molecule has 18 heavy (non-hydrogen) atoms. The molecule has 2 unspecified atom stereocenters. The van der Waals surface area contributed by atoms with Crippen molar-refractivity contribution in [2.24, 2.45) is 0 Å². The summed E-state index contributed by atoms with van der Waals surface area (Å²) in [6, 6.07) is 12.0. The Morgan fingerprint density at radius 2 is 1.17 bits per heavy atom. The van der Waals surface area contributed by atoms with Crippen LogP contribution in [0.2, 0.25) is 0 Å². The molecule has 0 heterocycles. The average molecular weight is 240 g/mol. The Hall–Kier alpha value is -1.96. The Morgan fingerprint density at radius 1 is 0.778 bits per heavy atom. The molecule has 0 spiro atoms. The first-order chi connectivity index (χ1) is 8.65. The molecule has 0 aliphatic heterocycles. The molecule has 2 nitrogen and oxygen atoms in total. The molecule has 2 atom stereocenters. The quantitative estimate of drug-likeness (QED) is 0.767. The van der Waals surface area contributed by atoms with Crippen LogP contribution in [0.1, 0.15) is 36.8 Å². The number of hydrogen-bond acceptors (Lipinski definition) is 2. The first kappa shape index (κ1) is 12.5. The van der Waals surface area contributed by atoms with E-state index in [1.54, 1.807) is 0 Å². The second-order valence-electron chi connectivity index (χ2n) is 4.72. The summed E-state index contributed by atoms with van der Waals surface area (Å²) in [5, 5.41) is 2.20. The molecule has 2 aromatic rings. The highest BCUT2D eigenvalue weighted by Crippen LogP contribution is 2.24. The Bertz CT molecular complexity index is 533. The zero-order valence-electron chi connectivity index (χ0n) is 10.6. The molecule has 2 rings (SSSR count). The highest BCUT2D eigenvalue weighted by molar-refractivity contribution is 5.85. The third kappa shape index (κ3) is 2.33. The largest absolute Gasteiger partial charge is 0.303 e. The van der Waals surface area contributed by atoms with E-state index in [-0.39, 0.29) is 11.8 Å². The van der Waals surface area contributed by atoms with Gasteiger partial charge in [-0.2, -0.15) is 0 Å². The predicted molar refractivity (Wildman–Crippen MR) is 72.9 cm³/mol. The van der Waals surface area contributed by atoms with Crippen LogP contribution in [0.3, 0.4) is 0 Å². The number of fused-ring (bicyclic) bond motifs is 1. The van der Waals surface area contributed by atoms with E-state index in [0.29, 0.717) is 0 Å². The van der Waals surface area contributed by atoms with Crippen molar-refractivity contribution in [3.63, 3.8) is 0 Å². The molecule has 0 aliphatic rings. The van der Waals surface area contributed by atoms with Crippen molar-refractivity contribution in [1.82, 2.24) is 0 Å². The van der Waals surface area contributed by atoms with Gasteiger partial charge < -0.3 is 9.59 Å². The molecule has 0 radical (unpaired) electrons. The monoisotopic (exact) mass is 240 g/mol. The van der Waals surface area contributed by atoms with E-state index in [2.05, 4.69) is 0 Å². The third-order valence-electron chi connectivity index (χ3n) is 3.35. The summed E-state index contributed by atoms with van der Waals surface area (Å²) in [4.78, 5) is 21.6. The van der Waals surface area contributed by atoms with Crippen molar-refractivity contribution in [3.8, 4) is 0 Å². The van der Waals surface area contributed by atoms with Gasteiger partial charge in [-0.15, -0.1) is 0 Å². The Balaban J connectivity index is 2.48. The SMILES string of the molecule is CC(C=O)c1ccc2cc(C(C)C=O)ccc2c1. The Kier molecular flexibility index (Phi) is 3.56. The molecule has 0 aromatic heterocycles. The number of carbonyl (C=O) groups is 2. The van der Waals surface area contributed by atoms with E-state index in [1.165, 1.54) is 0 Å². The lowest BCUT2D eigenvalue weighted by Crippen LogP contribution is -1.96. The van der Waals surface area contributed by atoms with Gasteiger partial charge in [0.1, 0.15) is 12.6 Å². The molecule has 0 amide bonds. The Morgan fingerprint density at radius 3 is 1.50 bits per heavy atom. The van der Waals surface area contributed by atoms with E-state index in [9.17, 15) is 9.59 Å². The summed E-state index contributed by atoms with van der Waals surface area (Å²) in [5.41, 5.74) is 2.04. The van der Waals surface area contributed by atoms with E-state index in [4.69, 9.17) is 0 Å². The number of carbonyl (C=O) groups excluding carboxylic acids is 2. The highest BCUT2D eigenvalue weighted by Gasteiger charge is 2.07. The molecule has 0 saturated heterocycles. The van der Waals surface area contributed by atoms with Crippen LogP contribution in [0.25, 0.3) is 10.8 Å². The Labute approximate surface area is 107 Å². The molecule has 2 heteroatoms. The second kappa shape index (κ2) is 5.13. The molecule has 2 aromatic carbocycles. The summed E-state index contributed by atoms with van der Waals surface area (Å²) in [5.74, 6) is -0.161. The van der Waals surface area contributed by atoms with E-state index >= 15 is 0 Å². The number of hydrogen-bond donors (Lipinski definition) is 0. The normalized spacial score (nSPS) is 14.1. The van der Waals surface area contributed by atoms with Crippen LogP contribution in [0.5, 0.6) is 0 Å². The lowest BCUT2D eigenvalue weighted by molar-refractivity contribution is -0.109. The van der Waals surface area contributed by atoms with Crippen molar-refractivity contribution in [2.45, 2.75) is 25.7 Å². The van der Waals surface area contributed by atoms with Crippen LogP contribution in [0.15, 0.2) is 36.4 Å². The predicted octanol–water partition coefficient (Wildman–Crippen LogP) is 3.44. The lowest BCUT2D eigenvalue weighted by atomic mass is 9.95. The van der Waals surface area contributed by atoms with Crippen molar-refractivity contribution in [1.29, 1.82) is 0 Å². The van der Waals surface area contributed by atoms with E-state index in [0.717, 1.165) is 34.5 Å². The minimum atomic E-state index is -0.0806. The number of rotatable bonds is 4. The van der Waals surface area contributed by atoms with Crippen LogP contribution in [0.4, 0.5) is 0 Å². The van der Waals surface area contributed by atoms with Gasteiger partial charge in [-0.3, -0.25) is 0 Å². The molecule has 92 valence electrons. The van der Waals surface area contributed by atoms with E-state index < -0.39 is 0 Å². The minimum Gasteiger partial charge on any atom is -0.303 e. The summed E-state index contributed by atoms with van der Waals surface area (Å²) in [7, 11) is 0. The molecule has 0 fully saturated rings. The molecule has 0 saturated carbocycles. The fraction of sp³-hybridized carbons (Fsp3) is 0.250. The van der Waals surface area contributed by atoms with Crippen LogP contribution in [0, 0.1) is 0 Å². The zero-order chi connectivity index (χ0) is 13.1. The fourth-order valence-electron chi connectivity index (χ4n) is 2.01. The van der Waals surface area contributed by atoms with Gasteiger partial charge >= 0.3 is 0 Å². The van der Waals surface area contributed by atoms with Gasteiger partial charge in [0.05, 0.1) is 0 Å². The summed E-state index contributed by atoms with van der Waals surface area (Å²) in [6.45, 7) is 3.77. The van der Waals surface area contributed by atoms with E-state index in [1.807, 2.05) is 50.2 Å². The summed E-state index contributed by atoms with van der Waals surface area (Å²) < 4.78 is 0. The van der Waals surface area contributed by atoms with Crippen molar-refractivity contribution >= 4 is 23.3 Å². The zero-order valence-corrected chi connectivity index (χ0v) is 10.6. The van der Waals surface area contributed by atoms with Crippen molar-refractivity contribution in [2.75, 3.05) is 0 Å². The third-order valence-corrected chi connectivity index (χ3v) is 3.35. The molecule has 0 aliphatic carbocycles. The maximum Gasteiger partial charge on any atom is 0.127 e. The van der Waals surface area contributed by atoms with Gasteiger partial charge in [-0.1, -0.05) is 50.2 Å². The molecule has 0 N–H and O–H groups in total. The molecular weight excluding hydrogens is 224 g/mol. The topological polar surface area (TPSA) is 34.1 Å². The van der Waals surface area contributed by atoms with Gasteiger partial charge in [0.2, 0.25) is 0 Å². The van der Waals surface area contributed by atoms with Crippen molar-refractivity contribution < 1.29 is 9.59 Å². The number of benzene rings is 2. The first-order valence-electron chi connectivity index (χ1n) is 6.10. The van der Waals surface area contributed by atoms with Crippen molar-refractivity contribution in [3.05, 3.63) is 47.5 Å². The standard InChI is InChI=1S/C16H16O2/c1-11(9-17)13-3-5-16-8-14(12(2)10-18)4-6-15(16)7-13/h3-12H,1-2H3. The van der Waals surface area contributed by atoms with Gasteiger partial charge in [-0.05, 0) is 21.9 Å². The maximum absolute atomic E-state index is 10.8. The van der Waals surface area contributed by atoms with Crippen LogP contribution in [-0.4, -0.2) is 12.6 Å². The fourth-order valence-corrected chi connectivity index (χ4v) is 2.01. The van der Waals surface area contributed by atoms with Gasteiger partial charge in [-0.25, -0.2) is 0 Å². The maximum atomic E-state index is 10.8. The highest BCUT2D eigenvalue weighted by atomic mass is 16.1. The smallest absolute Gasteiger partial charge is 0.127 e. The van der Waals surface area contributed by atoms with Gasteiger partial charge in [0.25, 0.3) is 0 Å². The molecule has 0 bridgehead atoms. The summed E-state index contributed by atoms with van der Waals surface area (Å²) in [6.07, 6.45) is 1.90. The average Bonchev–Trinajstić information content (AvgIpc) is 2.44. The van der Waals surface area contributed by atoms with Gasteiger partial charge in [0, 0.05) is 11.8 Å². The second-order valence-corrected chi connectivity index (χ2v) is 4.72. The lowest BCUT2D eigenvalue weighted by Gasteiger charge is -2.09. The van der Waals surface area contributed by atoms with Crippen LogP contribution >= 0.6 is 0 Å². The molecular formula is C16H16O2.